The number of benzene rings is 1. The molecule has 2 heterocycles. The summed E-state index contributed by atoms with van der Waals surface area (Å²) in [6, 6.07) is 8.37. The van der Waals surface area contributed by atoms with Crippen molar-refractivity contribution in [1.29, 1.82) is 0 Å². The number of aliphatic hydroxyl groups is 1. The molecule has 0 bridgehead atoms. The van der Waals surface area contributed by atoms with E-state index in [1.807, 2.05) is 11.0 Å². The molecule has 0 radical (unpaired) electrons. The second-order valence-corrected chi connectivity index (χ2v) is 4.45. The zero-order valence-electron chi connectivity index (χ0n) is 9.69. The maximum atomic E-state index is 9.07. The first-order valence-corrected chi connectivity index (χ1v) is 5.97. The standard InChI is InChI=1S/C14H16N2O/c17-10-16-7-5-11(6-8-16)13-9-15-14-4-2-1-3-12(13)14/h1-5,9,15,17H,6-8,10H2. The number of aromatic amines is 1. The molecule has 0 aliphatic carbocycles. The molecular formula is C14H16N2O. The Morgan fingerprint density at radius 2 is 2.18 bits per heavy atom. The van der Waals surface area contributed by atoms with Gasteiger partial charge in [-0.3, -0.25) is 4.90 Å². The van der Waals surface area contributed by atoms with E-state index in [2.05, 4.69) is 35.5 Å². The van der Waals surface area contributed by atoms with Crippen molar-refractivity contribution in [1.82, 2.24) is 9.88 Å². The van der Waals surface area contributed by atoms with Crippen molar-refractivity contribution in [2.24, 2.45) is 0 Å². The molecule has 0 amide bonds. The van der Waals surface area contributed by atoms with Crippen LogP contribution in [-0.4, -0.2) is 34.8 Å². The number of fused-ring (bicyclic) bond motifs is 1. The number of rotatable bonds is 2. The first-order chi connectivity index (χ1) is 8.38. The summed E-state index contributed by atoms with van der Waals surface area (Å²) in [5.74, 6) is 0. The van der Waals surface area contributed by atoms with Gasteiger partial charge in [-0.2, -0.15) is 0 Å². The van der Waals surface area contributed by atoms with Crippen LogP contribution in [0.3, 0.4) is 0 Å². The smallest absolute Gasteiger partial charge is 0.0959 e. The summed E-state index contributed by atoms with van der Waals surface area (Å²) in [5.41, 5.74) is 3.87. The van der Waals surface area contributed by atoms with Crippen LogP contribution in [0.4, 0.5) is 0 Å². The number of hydrogen-bond acceptors (Lipinski definition) is 2. The Hall–Kier alpha value is -1.58. The first kappa shape index (κ1) is 10.6. The average Bonchev–Trinajstić information content (AvgIpc) is 2.83. The minimum absolute atomic E-state index is 0.150. The maximum Gasteiger partial charge on any atom is 0.0959 e. The molecule has 1 aromatic heterocycles. The van der Waals surface area contributed by atoms with Crippen molar-refractivity contribution >= 4 is 16.5 Å². The zero-order chi connectivity index (χ0) is 11.7. The number of aromatic nitrogens is 1. The van der Waals surface area contributed by atoms with E-state index in [1.54, 1.807) is 0 Å². The second kappa shape index (κ2) is 4.35. The van der Waals surface area contributed by atoms with Crippen LogP contribution in [0.5, 0.6) is 0 Å². The van der Waals surface area contributed by atoms with Gasteiger partial charge in [-0.25, -0.2) is 0 Å². The van der Waals surface area contributed by atoms with E-state index in [4.69, 9.17) is 5.11 Å². The fraction of sp³-hybridized carbons (Fsp3) is 0.286. The number of nitrogens with zero attached hydrogens (tertiary/aromatic N) is 1. The van der Waals surface area contributed by atoms with Gasteiger partial charge >= 0.3 is 0 Å². The van der Waals surface area contributed by atoms with E-state index in [9.17, 15) is 0 Å². The third-order valence-electron chi connectivity index (χ3n) is 3.43. The average molecular weight is 228 g/mol. The third-order valence-corrected chi connectivity index (χ3v) is 3.43. The van der Waals surface area contributed by atoms with Crippen LogP contribution in [0.15, 0.2) is 36.5 Å². The van der Waals surface area contributed by atoms with Crippen LogP contribution < -0.4 is 0 Å². The molecule has 3 heteroatoms. The highest BCUT2D eigenvalue weighted by Gasteiger charge is 2.14. The number of hydrogen-bond donors (Lipinski definition) is 2. The molecule has 0 saturated carbocycles. The van der Waals surface area contributed by atoms with E-state index < -0.39 is 0 Å². The van der Waals surface area contributed by atoms with Gasteiger partial charge in [0.1, 0.15) is 0 Å². The molecular weight excluding hydrogens is 212 g/mol. The predicted molar refractivity (Wildman–Crippen MR) is 69.6 cm³/mol. The quantitative estimate of drug-likeness (QED) is 0.827. The monoisotopic (exact) mass is 228 g/mol. The molecule has 0 unspecified atom stereocenters. The summed E-state index contributed by atoms with van der Waals surface area (Å²) < 4.78 is 0. The molecule has 1 aliphatic rings. The number of aliphatic hydroxyl groups excluding tert-OH is 1. The number of para-hydroxylation sites is 1. The molecule has 0 fully saturated rings. The predicted octanol–water partition coefficient (Wildman–Crippen LogP) is 2.21. The Bertz CT molecular complexity index is 556. The van der Waals surface area contributed by atoms with E-state index in [1.165, 1.54) is 22.0 Å². The van der Waals surface area contributed by atoms with E-state index >= 15 is 0 Å². The molecule has 3 nitrogen and oxygen atoms in total. The summed E-state index contributed by atoms with van der Waals surface area (Å²) in [6.45, 7) is 1.92. The minimum atomic E-state index is 0.150. The fourth-order valence-electron chi connectivity index (χ4n) is 2.42. The van der Waals surface area contributed by atoms with Crippen molar-refractivity contribution in [2.45, 2.75) is 6.42 Å². The zero-order valence-corrected chi connectivity index (χ0v) is 9.69. The fourth-order valence-corrected chi connectivity index (χ4v) is 2.42. The van der Waals surface area contributed by atoms with Gasteiger partial charge in [0.2, 0.25) is 0 Å². The number of H-pyrrole nitrogens is 1. The highest BCUT2D eigenvalue weighted by Crippen LogP contribution is 2.28. The van der Waals surface area contributed by atoms with Gasteiger partial charge < -0.3 is 10.1 Å². The molecule has 0 saturated heterocycles. The van der Waals surface area contributed by atoms with Crippen LogP contribution in [0.1, 0.15) is 12.0 Å². The van der Waals surface area contributed by atoms with E-state index in [0.29, 0.717) is 0 Å². The third kappa shape index (κ3) is 1.88. The molecule has 17 heavy (non-hydrogen) atoms. The summed E-state index contributed by atoms with van der Waals surface area (Å²) in [5, 5.41) is 10.4. The summed E-state index contributed by atoms with van der Waals surface area (Å²) in [6.07, 6.45) is 5.31. The molecule has 1 aromatic carbocycles. The highest BCUT2D eigenvalue weighted by atomic mass is 16.3. The Morgan fingerprint density at radius 1 is 1.29 bits per heavy atom. The molecule has 2 N–H and O–H groups in total. The van der Waals surface area contributed by atoms with Gasteiger partial charge in [0, 0.05) is 35.8 Å². The lowest BCUT2D eigenvalue weighted by Gasteiger charge is -2.23. The lowest BCUT2D eigenvalue weighted by atomic mass is 9.99. The summed E-state index contributed by atoms with van der Waals surface area (Å²) in [7, 11) is 0. The Morgan fingerprint density at radius 3 is 2.94 bits per heavy atom. The van der Waals surface area contributed by atoms with Crippen molar-refractivity contribution in [3.63, 3.8) is 0 Å². The van der Waals surface area contributed by atoms with Gasteiger partial charge in [-0.1, -0.05) is 24.3 Å². The Labute approximate surface area is 100 Å². The number of nitrogens with one attached hydrogen (secondary N) is 1. The van der Waals surface area contributed by atoms with Crippen molar-refractivity contribution < 1.29 is 5.11 Å². The molecule has 88 valence electrons. The van der Waals surface area contributed by atoms with Crippen LogP contribution in [0.25, 0.3) is 16.5 Å². The van der Waals surface area contributed by atoms with Crippen LogP contribution in [0.2, 0.25) is 0 Å². The lowest BCUT2D eigenvalue weighted by Crippen LogP contribution is -2.29. The van der Waals surface area contributed by atoms with E-state index in [0.717, 1.165) is 19.5 Å². The van der Waals surface area contributed by atoms with Gasteiger partial charge in [-0.05, 0) is 18.1 Å². The lowest BCUT2D eigenvalue weighted by molar-refractivity contribution is 0.118. The van der Waals surface area contributed by atoms with Crippen molar-refractivity contribution in [3.8, 4) is 0 Å². The molecule has 0 atom stereocenters. The SMILES string of the molecule is OCN1CC=C(c2c[nH]c3ccccc23)CC1. The van der Waals surface area contributed by atoms with Gasteiger partial charge in [0.25, 0.3) is 0 Å². The topological polar surface area (TPSA) is 39.3 Å². The summed E-state index contributed by atoms with van der Waals surface area (Å²) >= 11 is 0. The van der Waals surface area contributed by atoms with Crippen molar-refractivity contribution in [2.75, 3.05) is 19.8 Å². The van der Waals surface area contributed by atoms with Crippen LogP contribution >= 0.6 is 0 Å². The molecule has 3 rings (SSSR count). The van der Waals surface area contributed by atoms with E-state index in [-0.39, 0.29) is 6.73 Å². The van der Waals surface area contributed by atoms with Gasteiger partial charge in [0.15, 0.2) is 0 Å². The maximum absolute atomic E-state index is 9.07. The largest absolute Gasteiger partial charge is 0.381 e. The molecule has 2 aromatic rings. The first-order valence-electron chi connectivity index (χ1n) is 5.97. The minimum Gasteiger partial charge on any atom is -0.381 e. The van der Waals surface area contributed by atoms with Gasteiger partial charge in [0.05, 0.1) is 6.73 Å². The Balaban J connectivity index is 1.97. The van der Waals surface area contributed by atoms with Crippen LogP contribution in [0, 0.1) is 0 Å². The molecule has 0 spiro atoms. The van der Waals surface area contributed by atoms with Gasteiger partial charge in [-0.15, -0.1) is 0 Å². The second-order valence-electron chi connectivity index (χ2n) is 4.45. The normalized spacial score (nSPS) is 17.4. The summed E-state index contributed by atoms with van der Waals surface area (Å²) in [4.78, 5) is 5.33. The Kier molecular flexibility index (Phi) is 2.71. The molecule has 1 aliphatic heterocycles. The van der Waals surface area contributed by atoms with Crippen LogP contribution in [-0.2, 0) is 0 Å². The van der Waals surface area contributed by atoms with Crippen molar-refractivity contribution in [3.05, 3.63) is 42.1 Å². The highest BCUT2D eigenvalue weighted by molar-refractivity contribution is 5.92.